The molecule has 0 N–H and O–H groups in total. The predicted octanol–water partition coefficient (Wildman–Crippen LogP) is 4.69. The Kier molecular flexibility index (Phi) is 2.73. The summed E-state index contributed by atoms with van der Waals surface area (Å²) in [6.07, 6.45) is 0. The first-order chi connectivity index (χ1) is 8.74. The summed E-state index contributed by atoms with van der Waals surface area (Å²) in [6.45, 7) is 0. The van der Waals surface area contributed by atoms with Gasteiger partial charge in [0.15, 0.2) is 0 Å². The molecule has 0 bridgehead atoms. The van der Waals surface area contributed by atoms with E-state index < -0.39 is 5.82 Å². The molecule has 0 amide bonds. The summed E-state index contributed by atoms with van der Waals surface area (Å²) in [6, 6.07) is 16.4. The number of aromatic nitrogens is 1. The third kappa shape index (κ3) is 1.95. The van der Waals surface area contributed by atoms with Crippen LogP contribution in [0.3, 0.4) is 0 Å². The molecule has 3 aromatic rings. The van der Waals surface area contributed by atoms with Gasteiger partial charge >= 0.3 is 0 Å². The van der Waals surface area contributed by atoms with Crippen LogP contribution < -0.4 is 0 Å². The molecule has 2 aromatic carbocycles. The Balaban J connectivity index is 2.16. The maximum atomic E-state index is 13.1. The molecule has 0 radical (unpaired) electrons. The molecule has 0 unspecified atom stereocenters. The first kappa shape index (κ1) is 11.2. The topological polar surface area (TPSA) is 12.9 Å². The molecular weight excluding hydrogens is 249 g/mol. The monoisotopic (exact) mass is 257 g/mol. The van der Waals surface area contributed by atoms with E-state index in [1.165, 1.54) is 6.07 Å². The van der Waals surface area contributed by atoms with E-state index in [9.17, 15) is 4.39 Å². The SMILES string of the molecule is Fc1ccc(-c2ccc3ccccc3n2)cc1Cl. The molecule has 0 saturated heterocycles. The van der Waals surface area contributed by atoms with Gasteiger partial charge in [0.2, 0.25) is 0 Å². The number of rotatable bonds is 1. The largest absolute Gasteiger partial charge is 0.248 e. The number of benzene rings is 2. The Morgan fingerprint density at radius 3 is 2.61 bits per heavy atom. The summed E-state index contributed by atoms with van der Waals surface area (Å²) in [4.78, 5) is 4.54. The fourth-order valence-electron chi connectivity index (χ4n) is 1.88. The Morgan fingerprint density at radius 2 is 1.78 bits per heavy atom. The highest BCUT2D eigenvalue weighted by molar-refractivity contribution is 6.31. The van der Waals surface area contributed by atoms with Crippen molar-refractivity contribution in [3.63, 3.8) is 0 Å². The first-order valence-electron chi connectivity index (χ1n) is 5.55. The Morgan fingerprint density at radius 1 is 0.944 bits per heavy atom. The summed E-state index contributed by atoms with van der Waals surface area (Å²) < 4.78 is 13.1. The van der Waals surface area contributed by atoms with Gasteiger partial charge in [-0.25, -0.2) is 9.37 Å². The summed E-state index contributed by atoms with van der Waals surface area (Å²) >= 11 is 5.78. The number of para-hydroxylation sites is 1. The van der Waals surface area contributed by atoms with Gasteiger partial charge < -0.3 is 0 Å². The molecular formula is C15H9ClFN. The third-order valence-electron chi connectivity index (χ3n) is 2.81. The quantitative estimate of drug-likeness (QED) is 0.616. The third-order valence-corrected chi connectivity index (χ3v) is 3.10. The maximum absolute atomic E-state index is 13.1. The molecule has 0 spiro atoms. The molecule has 0 atom stereocenters. The predicted molar refractivity (Wildman–Crippen MR) is 72.1 cm³/mol. The van der Waals surface area contributed by atoms with E-state index in [1.54, 1.807) is 12.1 Å². The van der Waals surface area contributed by atoms with Crippen LogP contribution in [0.15, 0.2) is 54.6 Å². The highest BCUT2D eigenvalue weighted by Gasteiger charge is 2.05. The summed E-state index contributed by atoms with van der Waals surface area (Å²) in [5, 5.41) is 1.19. The number of halogens is 2. The minimum Gasteiger partial charge on any atom is -0.248 e. The molecule has 0 aliphatic rings. The minimum atomic E-state index is -0.416. The molecule has 1 heterocycles. The molecule has 3 rings (SSSR count). The van der Waals surface area contributed by atoms with Gasteiger partial charge in [0.25, 0.3) is 0 Å². The summed E-state index contributed by atoms with van der Waals surface area (Å²) in [7, 11) is 0. The van der Waals surface area contributed by atoms with Crippen LogP contribution in [0.1, 0.15) is 0 Å². The highest BCUT2D eigenvalue weighted by atomic mass is 35.5. The van der Waals surface area contributed by atoms with E-state index in [4.69, 9.17) is 11.6 Å². The lowest BCUT2D eigenvalue weighted by Crippen LogP contribution is -1.86. The minimum absolute atomic E-state index is 0.113. The molecule has 88 valence electrons. The van der Waals surface area contributed by atoms with Crippen molar-refractivity contribution < 1.29 is 4.39 Å². The van der Waals surface area contributed by atoms with Crippen LogP contribution in [-0.4, -0.2) is 4.98 Å². The molecule has 3 heteroatoms. The van der Waals surface area contributed by atoms with Gasteiger partial charge in [-0.05, 0) is 30.3 Å². The van der Waals surface area contributed by atoms with Gasteiger partial charge in [-0.1, -0.05) is 35.9 Å². The number of pyridine rings is 1. The number of fused-ring (bicyclic) bond motifs is 1. The van der Waals surface area contributed by atoms with Crippen LogP contribution in [0, 0.1) is 5.82 Å². The molecule has 18 heavy (non-hydrogen) atoms. The zero-order chi connectivity index (χ0) is 12.5. The van der Waals surface area contributed by atoms with Crippen LogP contribution in [0.5, 0.6) is 0 Å². The molecule has 0 aliphatic carbocycles. The van der Waals surface area contributed by atoms with Gasteiger partial charge in [0.05, 0.1) is 16.2 Å². The van der Waals surface area contributed by atoms with Crippen molar-refractivity contribution in [2.75, 3.05) is 0 Å². The zero-order valence-electron chi connectivity index (χ0n) is 9.40. The number of hydrogen-bond acceptors (Lipinski definition) is 1. The summed E-state index contributed by atoms with van der Waals surface area (Å²) in [5.74, 6) is -0.416. The van der Waals surface area contributed by atoms with E-state index in [0.717, 1.165) is 22.2 Å². The molecule has 1 nitrogen and oxygen atoms in total. The standard InChI is InChI=1S/C15H9ClFN/c16-12-9-11(5-7-13(12)17)15-8-6-10-3-1-2-4-14(10)18-15/h1-9H. The second kappa shape index (κ2) is 4.39. The molecule has 0 fully saturated rings. The van der Waals surface area contributed by atoms with Crippen molar-refractivity contribution in [2.45, 2.75) is 0 Å². The van der Waals surface area contributed by atoms with Crippen LogP contribution in [0.2, 0.25) is 5.02 Å². The van der Waals surface area contributed by atoms with E-state index >= 15 is 0 Å². The van der Waals surface area contributed by atoms with Gasteiger partial charge in [-0.15, -0.1) is 0 Å². The molecule has 1 aromatic heterocycles. The lowest BCUT2D eigenvalue weighted by molar-refractivity contribution is 0.628. The fourth-order valence-corrected chi connectivity index (χ4v) is 2.06. The number of nitrogens with zero attached hydrogens (tertiary/aromatic N) is 1. The lowest BCUT2D eigenvalue weighted by atomic mass is 10.1. The summed E-state index contributed by atoms with van der Waals surface area (Å²) in [5.41, 5.74) is 2.51. The van der Waals surface area contributed by atoms with E-state index in [1.807, 2.05) is 36.4 Å². The maximum Gasteiger partial charge on any atom is 0.141 e. The van der Waals surface area contributed by atoms with Crippen LogP contribution >= 0.6 is 11.6 Å². The Hall–Kier alpha value is -1.93. The van der Waals surface area contributed by atoms with Crippen molar-refractivity contribution in [3.8, 4) is 11.3 Å². The van der Waals surface area contributed by atoms with E-state index in [-0.39, 0.29) is 5.02 Å². The van der Waals surface area contributed by atoms with Gasteiger partial charge in [-0.2, -0.15) is 0 Å². The number of hydrogen-bond donors (Lipinski definition) is 0. The highest BCUT2D eigenvalue weighted by Crippen LogP contribution is 2.25. The van der Waals surface area contributed by atoms with Crippen molar-refractivity contribution in [1.29, 1.82) is 0 Å². The van der Waals surface area contributed by atoms with Crippen LogP contribution in [-0.2, 0) is 0 Å². The fraction of sp³-hybridized carbons (Fsp3) is 0. The normalized spacial score (nSPS) is 10.8. The smallest absolute Gasteiger partial charge is 0.141 e. The average Bonchev–Trinajstić information content (AvgIpc) is 2.41. The molecule has 0 saturated carbocycles. The second-order valence-electron chi connectivity index (χ2n) is 4.02. The van der Waals surface area contributed by atoms with Crippen LogP contribution in [0.4, 0.5) is 4.39 Å². The van der Waals surface area contributed by atoms with Crippen LogP contribution in [0.25, 0.3) is 22.2 Å². The Bertz CT molecular complexity index is 725. The Labute approximate surface area is 109 Å². The van der Waals surface area contributed by atoms with Crippen molar-refractivity contribution in [2.24, 2.45) is 0 Å². The van der Waals surface area contributed by atoms with Crippen molar-refractivity contribution in [1.82, 2.24) is 4.98 Å². The first-order valence-corrected chi connectivity index (χ1v) is 5.93. The van der Waals surface area contributed by atoms with Gasteiger partial charge in [0, 0.05) is 10.9 Å². The van der Waals surface area contributed by atoms with E-state index in [0.29, 0.717) is 0 Å². The van der Waals surface area contributed by atoms with Crippen molar-refractivity contribution in [3.05, 3.63) is 65.4 Å². The van der Waals surface area contributed by atoms with Gasteiger partial charge in [0.1, 0.15) is 5.82 Å². The zero-order valence-corrected chi connectivity index (χ0v) is 10.2. The van der Waals surface area contributed by atoms with E-state index in [2.05, 4.69) is 4.98 Å². The lowest BCUT2D eigenvalue weighted by Gasteiger charge is -2.04. The second-order valence-corrected chi connectivity index (χ2v) is 4.43. The average molecular weight is 258 g/mol. The molecule has 0 aliphatic heterocycles. The van der Waals surface area contributed by atoms with Crippen molar-refractivity contribution >= 4 is 22.5 Å². The van der Waals surface area contributed by atoms with Gasteiger partial charge in [-0.3, -0.25) is 0 Å².